The van der Waals surface area contributed by atoms with Gasteiger partial charge >= 0.3 is 0 Å². The number of aromatic nitrogens is 2. The van der Waals surface area contributed by atoms with Crippen molar-refractivity contribution in [1.82, 2.24) is 10.1 Å². The van der Waals surface area contributed by atoms with Crippen molar-refractivity contribution in [2.75, 3.05) is 6.61 Å². The zero-order valence-electron chi connectivity index (χ0n) is 9.50. The number of rotatable bonds is 6. The molecule has 0 spiro atoms. The van der Waals surface area contributed by atoms with Gasteiger partial charge in [-0.2, -0.15) is 16.3 Å². The standard InChI is InChI=1S/C11H14N2O2S2/c1-8(2-4-14)17-7-10-12-11(13-15-10)9-3-5-16-6-9/h3,5-6,8,14H,2,4,7H2,1H3. The van der Waals surface area contributed by atoms with Crippen molar-refractivity contribution < 1.29 is 9.63 Å². The van der Waals surface area contributed by atoms with Crippen molar-refractivity contribution in [2.24, 2.45) is 0 Å². The molecule has 2 rings (SSSR count). The third kappa shape index (κ3) is 3.55. The van der Waals surface area contributed by atoms with Crippen molar-refractivity contribution in [3.05, 3.63) is 22.7 Å². The summed E-state index contributed by atoms with van der Waals surface area (Å²) in [6, 6.07) is 1.97. The predicted molar refractivity (Wildman–Crippen MR) is 70.1 cm³/mol. The van der Waals surface area contributed by atoms with Crippen LogP contribution in [0, 0.1) is 0 Å². The first kappa shape index (κ1) is 12.6. The van der Waals surface area contributed by atoms with Crippen LogP contribution in [-0.4, -0.2) is 27.1 Å². The van der Waals surface area contributed by atoms with Gasteiger partial charge in [0, 0.05) is 22.8 Å². The lowest BCUT2D eigenvalue weighted by molar-refractivity contribution is 0.289. The smallest absolute Gasteiger partial charge is 0.236 e. The average molecular weight is 270 g/mol. The van der Waals surface area contributed by atoms with Gasteiger partial charge in [0.05, 0.1) is 5.75 Å². The fraction of sp³-hybridized carbons (Fsp3) is 0.455. The van der Waals surface area contributed by atoms with E-state index in [0.29, 0.717) is 22.7 Å². The molecule has 0 aliphatic heterocycles. The molecule has 0 aromatic carbocycles. The van der Waals surface area contributed by atoms with Gasteiger partial charge in [-0.15, -0.1) is 11.8 Å². The van der Waals surface area contributed by atoms with Gasteiger partial charge in [0.2, 0.25) is 11.7 Å². The zero-order valence-corrected chi connectivity index (χ0v) is 11.1. The number of aliphatic hydroxyl groups excluding tert-OH is 1. The van der Waals surface area contributed by atoms with Gasteiger partial charge in [0.15, 0.2) is 0 Å². The third-order valence-electron chi connectivity index (χ3n) is 2.27. The van der Waals surface area contributed by atoms with E-state index in [4.69, 9.17) is 9.63 Å². The summed E-state index contributed by atoms with van der Waals surface area (Å²) in [5.41, 5.74) is 0.999. The van der Waals surface area contributed by atoms with E-state index in [-0.39, 0.29) is 6.61 Å². The lowest BCUT2D eigenvalue weighted by Gasteiger charge is -2.05. The van der Waals surface area contributed by atoms with E-state index < -0.39 is 0 Å². The minimum atomic E-state index is 0.220. The Morgan fingerprint density at radius 1 is 1.59 bits per heavy atom. The number of aliphatic hydroxyl groups is 1. The van der Waals surface area contributed by atoms with Crippen LogP contribution >= 0.6 is 23.1 Å². The molecule has 0 saturated heterocycles. The number of hydrogen-bond acceptors (Lipinski definition) is 6. The molecule has 1 atom stereocenters. The Morgan fingerprint density at radius 2 is 2.47 bits per heavy atom. The molecule has 4 nitrogen and oxygen atoms in total. The summed E-state index contributed by atoms with van der Waals surface area (Å²) in [5, 5.41) is 17.1. The van der Waals surface area contributed by atoms with Crippen LogP contribution in [0.2, 0.25) is 0 Å². The van der Waals surface area contributed by atoms with Gasteiger partial charge in [-0.05, 0) is 17.9 Å². The van der Waals surface area contributed by atoms with Crippen LogP contribution in [0.5, 0.6) is 0 Å². The van der Waals surface area contributed by atoms with Crippen LogP contribution in [0.25, 0.3) is 11.4 Å². The van der Waals surface area contributed by atoms with Gasteiger partial charge in [0.25, 0.3) is 0 Å². The Morgan fingerprint density at radius 3 is 3.18 bits per heavy atom. The molecule has 0 aliphatic carbocycles. The van der Waals surface area contributed by atoms with Crippen LogP contribution < -0.4 is 0 Å². The SMILES string of the molecule is CC(CCO)SCc1nc(-c2ccsc2)no1. The third-order valence-corrected chi connectivity index (χ3v) is 4.18. The lowest BCUT2D eigenvalue weighted by atomic mass is 10.3. The highest BCUT2D eigenvalue weighted by molar-refractivity contribution is 7.99. The first-order valence-electron chi connectivity index (χ1n) is 5.37. The highest BCUT2D eigenvalue weighted by atomic mass is 32.2. The largest absolute Gasteiger partial charge is 0.396 e. The molecule has 92 valence electrons. The maximum atomic E-state index is 8.80. The first-order valence-corrected chi connectivity index (χ1v) is 7.36. The first-order chi connectivity index (χ1) is 8.29. The Kier molecular flexibility index (Phi) is 4.58. The molecule has 0 saturated carbocycles. The Balaban J connectivity index is 1.91. The van der Waals surface area contributed by atoms with Crippen LogP contribution in [0.4, 0.5) is 0 Å². The van der Waals surface area contributed by atoms with Gasteiger partial charge in [-0.3, -0.25) is 0 Å². The van der Waals surface area contributed by atoms with E-state index in [9.17, 15) is 0 Å². The van der Waals surface area contributed by atoms with Crippen molar-refractivity contribution >= 4 is 23.1 Å². The molecule has 0 bridgehead atoms. The maximum absolute atomic E-state index is 8.80. The minimum Gasteiger partial charge on any atom is -0.396 e. The predicted octanol–water partition coefficient (Wildman–Crippen LogP) is 2.80. The molecular weight excluding hydrogens is 256 g/mol. The lowest BCUT2D eigenvalue weighted by Crippen LogP contribution is -1.99. The fourth-order valence-corrected chi connectivity index (χ4v) is 2.75. The van der Waals surface area contributed by atoms with Gasteiger partial charge in [0.1, 0.15) is 0 Å². The van der Waals surface area contributed by atoms with Crippen molar-refractivity contribution in [1.29, 1.82) is 0 Å². The quantitative estimate of drug-likeness (QED) is 0.874. The molecule has 2 aromatic heterocycles. The highest BCUT2D eigenvalue weighted by Crippen LogP contribution is 2.22. The van der Waals surface area contributed by atoms with Crippen LogP contribution in [0.15, 0.2) is 21.3 Å². The second-order valence-electron chi connectivity index (χ2n) is 3.66. The van der Waals surface area contributed by atoms with E-state index >= 15 is 0 Å². The molecular formula is C11H14N2O2S2. The summed E-state index contributed by atoms with van der Waals surface area (Å²) in [4.78, 5) is 4.33. The van der Waals surface area contributed by atoms with E-state index in [1.54, 1.807) is 23.1 Å². The van der Waals surface area contributed by atoms with Crippen LogP contribution in [-0.2, 0) is 5.75 Å². The number of hydrogen-bond donors (Lipinski definition) is 1. The second-order valence-corrected chi connectivity index (χ2v) is 5.86. The van der Waals surface area contributed by atoms with Gasteiger partial charge < -0.3 is 9.63 Å². The molecule has 1 unspecified atom stereocenters. The number of nitrogens with zero attached hydrogens (tertiary/aromatic N) is 2. The molecule has 6 heteroatoms. The molecule has 0 radical (unpaired) electrons. The van der Waals surface area contributed by atoms with E-state index in [1.165, 1.54) is 0 Å². The van der Waals surface area contributed by atoms with Crippen LogP contribution in [0.1, 0.15) is 19.2 Å². The summed E-state index contributed by atoms with van der Waals surface area (Å²) in [6.45, 7) is 2.30. The summed E-state index contributed by atoms with van der Waals surface area (Å²) in [7, 11) is 0. The monoisotopic (exact) mass is 270 g/mol. The molecule has 17 heavy (non-hydrogen) atoms. The second kappa shape index (κ2) is 6.18. The normalized spacial score (nSPS) is 12.8. The average Bonchev–Trinajstić information content (AvgIpc) is 2.97. The summed E-state index contributed by atoms with van der Waals surface area (Å²) < 4.78 is 5.18. The molecule has 0 aliphatic rings. The summed E-state index contributed by atoms with van der Waals surface area (Å²) in [5.74, 6) is 1.98. The minimum absolute atomic E-state index is 0.220. The maximum Gasteiger partial charge on any atom is 0.236 e. The Labute approximate surface area is 108 Å². The van der Waals surface area contributed by atoms with Crippen molar-refractivity contribution in [3.63, 3.8) is 0 Å². The van der Waals surface area contributed by atoms with Gasteiger partial charge in [-0.1, -0.05) is 12.1 Å². The molecule has 1 N–H and O–H groups in total. The van der Waals surface area contributed by atoms with E-state index in [1.807, 2.05) is 16.8 Å². The topological polar surface area (TPSA) is 59.2 Å². The van der Waals surface area contributed by atoms with Crippen molar-refractivity contribution in [2.45, 2.75) is 24.3 Å². The molecule has 2 heterocycles. The molecule has 0 fully saturated rings. The summed E-state index contributed by atoms with van der Waals surface area (Å²) >= 11 is 3.32. The Hall–Kier alpha value is -0.850. The zero-order chi connectivity index (χ0) is 12.1. The highest BCUT2D eigenvalue weighted by Gasteiger charge is 2.10. The Bertz CT molecular complexity index is 442. The molecule has 0 amide bonds. The summed E-state index contributed by atoms with van der Waals surface area (Å²) in [6.07, 6.45) is 0.788. The number of thiophene rings is 1. The van der Waals surface area contributed by atoms with E-state index in [2.05, 4.69) is 17.1 Å². The van der Waals surface area contributed by atoms with E-state index in [0.717, 1.165) is 12.0 Å². The van der Waals surface area contributed by atoms with Crippen molar-refractivity contribution in [3.8, 4) is 11.4 Å². The van der Waals surface area contributed by atoms with Crippen LogP contribution in [0.3, 0.4) is 0 Å². The molecule has 2 aromatic rings. The fourth-order valence-electron chi connectivity index (χ4n) is 1.30. The number of thioether (sulfide) groups is 1. The van der Waals surface area contributed by atoms with Gasteiger partial charge in [-0.25, -0.2) is 0 Å².